The fraction of sp³-hybridized carbons (Fsp3) is 0.500. The molecule has 1 heterocycles. The topological polar surface area (TPSA) is 55.8 Å². The van der Waals surface area contributed by atoms with E-state index in [-0.39, 0.29) is 12.1 Å². The van der Waals surface area contributed by atoms with Crippen molar-refractivity contribution in [3.8, 4) is 0 Å². The van der Waals surface area contributed by atoms with E-state index in [0.29, 0.717) is 44.6 Å². The highest BCUT2D eigenvalue weighted by Crippen LogP contribution is 2.32. The molecular weight excluding hydrogens is 270 g/mol. The van der Waals surface area contributed by atoms with E-state index in [2.05, 4.69) is 0 Å². The monoisotopic (exact) mass is 291 g/mol. The lowest BCUT2D eigenvalue weighted by atomic mass is 9.96. The van der Waals surface area contributed by atoms with Gasteiger partial charge in [-0.3, -0.25) is 4.90 Å². The van der Waals surface area contributed by atoms with Crippen LogP contribution in [0.4, 0.5) is 4.79 Å². The van der Waals surface area contributed by atoms with Gasteiger partial charge < -0.3 is 9.47 Å². The van der Waals surface area contributed by atoms with Gasteiger partial charge in [0.1, 0.15) is 0 Å². The predicted octanol–water partition coefficient (Wildman–Crippen LogP) is 2.94. The van der Waals surface area contributed by atoms with Crippen LogP contribution in [-0.2, 0) is 14.3 Å². The van der Waals surface area contributed by atoms with E-state index in [0.717, 1.165) is 11.3 Å². The summed E-state index contributed by atoms with van der Waals surface area (Å²) < 4.78 is 10.3. The van der Waals surface area contributed by atoms with Crippen LogP contribution in [0.5, 0.6) is 0 Å². The Morgan fingerprint density at radius 1 is 1.24 bits per heavy atom. The molecule has 1 aliphatic heterocycles. The SMILES string of the molecule is CCOC(=O)C1=C2CC=CC=C2N(C(=O)OCC)CCC1. The zero-order chi connectivity index (χ0) is 15.2. The first kappa shape index (κ1) is 15.4. The van der Waals surface area contributed by atoms with Gasteiger partial charge >= 0.3 is 12.1 Å². The summed E-state index contributed by atoms with van der Waals surface area (Å²) in [6, 6.07) is 0. The molecule has 0 unspecified atom stereocenters. The van der Waals surface area contributed by atoms with Gasteiger partial charge in [-0.15, -0.1) is 0 Å². The second kappa shape index (κ2) is 7.11. The first-order valence-corrected chi connectivity index (χ1v) is 7.39. The number of amides is 1. The molecule has 114 valence electrons. The summed E-state index contributed by atoms with van der Waals surface area (Å²) in [5.74, 6) is -0.278. The molecule has 1 aliphatic carbocycles. The molecule has 0 aromatic rings. The fourth-order valence-corrected chi connectivity index (χ4v) is 2.60. The number of hydrogen-bond acceptors (Lipinski definition) is 4. The van der Waals surface area contributed by atoms with Crippen molar-refractivity contribution in [2.45, 2.75) is 33.1 Å². The molecule has 1 amide bonds. The second-order valence-corrected chi connectivity index (χ2v) is 4.82. The number of carbonyl (C=O) groups is 2. The van der Waals surface area contributed by atoms with Gasteiger partial charge in [0.15, 0.2) is 0 Å². The molecular formula is C16H21NO4. The average molecular weight is 291 g/mol. The van der Waals surface area contributed by atoms with Crippen LogP contribution < -0.4 is 0 Å². The second-order valence-electron chi connectivity index (χ2n) is 4.82. The Balaban J connectivity index is 2.36. The Kier molecular flexibility index (Phi) is 5.20. The zero-order valence-electron chi connectivity index (χ0n) is 12.6. The van der Waals surface area contributed by atoms with Gasteiger partial charge in [-0.2, -0.15) is 0 Å². The van der Waals surface area contributed by atoms with Crippen molar-refractivity contribution in [2.24, 2.45) is 0 Å². The predicted molar refractivity (Wildman–Crippen MR) is 78.5 cm³/mol. The number of rotatable bonds is 3. The van der Waals surface area contributed by atoms with Crippen molar-refractivity contribution in [3.05, 3.63) is 35.1 Å². The van der Waals surface area contributed by atoms with Crippen molar-refractivity contribution >= 4 is 12.1 Å². The number of carbonyl (C=O) groups excluding carboxylic acids is 2. The molecule has 2 aliphatic rings. The van der Waals surface area contributed by atoms with Crippen LogP contribution in [0.3, 0.4) is 0 Å². The third kappa shape index (κ3) is 3.35. The van der Waals surface area contributed by atoms with Crippen LogP contribution in [0.15, 0.2) is 35.1 Å². The number of ether oxygens (including phenoxy) is 2. The molecule has 21 heavy (non-hydrogen) atoms. The zero-order valence-corrected chi connectivity index (χ0v) is 12.6. The van der Waals surface area contributed by atoms with Gasteiger partial charge in [0, 0.05) is 12.1 Å². The number of esters is 1. The van der Waals surface area contributed by atoms with E-state index in [9.17, 15) is 9.59 Å². The minimum atomic E-state index is -0.360. The Hall–Kier alpha value is -2.04. The van der Waals surface area contributed by atoms with E-state index < -0.39 is 0 Å². The maximum atomic E-state index is 12.1. The third-order valence-electron chi connectivity index (χ3n) is 3.49. The van der Waals surface area contributed by atoms with E-state index in [4.69, 9.17) is 9.47 Å². The van der Waals surface area contributed by atoms with Gasteiger partial charge in [0.05, 0.1) is 18.9 Å². The van der Waals surface area contributed by atoms with E-state index in [1.807, 2.05) is 18.2 Å². The number of hydrogen-bond donors (Lipinski definition) is 0. The molecule has 0 spiro atoms. The molecule has 0 N–H and O–H groups in total. The lowest BCUT2D eigenvalue weighted by Gasteiger charge is -2.25. The summed E-state index contributed by atoms with van der Waals surface area (Å²) in [6.45, 7) is 4.81. The fourth-order valence-electron chi connectivity index (χ4n) is 2.60. The smallest absolute Gasteiger partial charge is 0.414 e. The summed E-state index contributed by atoms with van der Waals surface area (Å²) in [5, 5.41) is 0. The molecule has 0 aromatic carbocycles. The Bertz CT molecular complexity index is 516. The Morgan fingerprint density at radius 2 is 2.00 bits per heavy atom. The van der Waals surface area contributed by atoms with Crippen LogP contribution in [0, 0.1) is 0 Å². The summed E-state index contributed by atoms with van der Waals surface area (Å²) in [4.78, 5) is 25.9. The highest BCUT2D eigenvalue weighted by atomic mass is 16.6. The number of fused-ring (bicyclic) bond motifs is 1. The van der Waals surface area contributed by atoms with Gasteiger partial charge in [0.25, 0.3) is 0 Å². The van der Waals surface area contributed by atoms with Gasteiger partial charge in [0.2, 0.25) is 0 Å². The summed E-state index contributed by atoms with van der Waals surface area (Å²) in [6.07, 6.45) is 7.35. The van der Waals surface area contributed by atoms with Crippen molar-refractivity contribution in [1.29, 1.82) is 0 Å². The van der Waals surface area contributed by atoms with Crippen molar-refractivity contribution in [1.82, 2.24) is 4.90 Å². The minimum Gasteiger partial charge on any atom is -0.463 e. The van der Waals surface area contributed by atoms with Gasteiger partial charge in [-0.05, 0) is 44.8 Å². The van der Waals surface area contributed by atoms with Crippen LogP contribution >= 0.6 is 0 Å². The van der Waals surface area contributed by atoms with Crippen LogP contribution in [-0.4, -0.2) is 36.7 Å². The molecule has 0 saturated carbocycles. The molecule has 0 atom stereocenters. The summed E-state index contributed by atoms with van der Waals surface area (Å²) in [7, 11) is 0. The largest absolute Gasteiger partial charge is 0.463 e. The first-order chi connectivity index (χ1) is 10.2. The highest BCUT2D eigenvalue weighted by Gasteiger charge is 2.29. The van der Waals surface area contributed by atoms with Crippen LogP contribution in [0.1, 0.15) is 33.1 Å². The van der Waals surface area contributed by atoms with E-state index in [1.54, 1.807) is 18.7 Å². The molecule has 0 fully saturated rings. The Labute approximate surface area is 124 Å². The molecule has 2 rings (SSSR count). The number of nitrogens with zero attached hydrogens (tertiary/aromatic N) is 1. The molecule has 5 nitrogen and oxygen atoms in total. The van der Waals surface area contributed by atoms with Crippen molar-refractivity contribution in [2.75, 3.05) is 19.8 Å². The lowest BCUT2D eigenvalue weighted by Crippen LogP contribution is -2.32. The number of allylic oxidation sites excluding steroid dienone is 4. The quantitative estimate of drug-likeness (QED) is 0.750. The molecule has 0 saturated heterocycles. The lowest BCUT2D eigenvalue weighted by molar-refractivity contribution is -0.138. The maximum Gasteiger partial charge on any atom is 0.414 e. The van der Waals surface area contributed by atoms with Crippen LogP contribution in [0.2, 0.25) is 0 Å². The van der Waals surface area contributed by atoms with Crippen molar-refractivity contribution in [3.63, 3.8) is 0 Å². The third-order valence-corrected chi connectivity index (χ3v) is 3.49. The molecule has 0 aromatic heterocycles. The first-order valence-electron chi connectivity index (χ1n) is 7.39. The average Bonchev–Trinajstić information content (AvgIpc) is 2.67. The molecule has 5 heteroatoms. The normalized spacial score (nSPS) is 17.8. The summed E-state index contributed by atoms with van der Waals surface area (Å²) in [5.41, 5.74) is 2.32. The molecule has 0 radical (unpaired) electrons. The standard InChI is InChI=1S/C16H21NO4/c1-3-20-15(18)13-9-7-11-17(16(19)21-4-2)14-10-6-5-8-12(13)14/h5-6,10H,3-4,7-9,11H2,1-2H3. The highest BCUT2D eigenvalue weighted by molar-refractivity contribution is 5.91. The Morgan fingerprint density at radius 3 is 2.71 bits per heavy atom. The van der Waals surface area contributed by atoms with Crippen molar-refractivity contribution < 1.29 is 19.1 Å². The van der Waals surface area contributed by atoms with Gasteiger partial charge in [-0.1, -0.05) is 12.2 Å². The van der Waals surface area contributed by atoms with Gasteiger partial charge in [-0.25, -0.2) is 9.59 Å². The van der Waals surface area contributed by atoms with Crippen LogP contribution in [0.25, 0.3) is 0 Å². The summed E-state index contributed by atoms with van der Waals surface area (Å²) >= 11 is 0. The minimum absolute atomic E-state index is 0.278. The maximum absolute atomic E-state index is 12.1. The molecule has 0 bridgehead atoms. The van der Waals surface area contributed by atoms with E-state index >= 15 is 0 Å². The van der Waals surface area contributed by atoms with E-state index in [1.165, 1.54) is 0 Å².